The Balaban J connectivity index is 2.64. The lowest BCUT2D eigenvalue weighted by Gasteiger charge is -2.20. The molecule has 1 aliphatic heterocycles. The van der Waals surface area contributed by atoms with Crippen LogP contribution in [-0.2, 0) is 9.53 Å². The third kappa shape index (κ3) is 3.01. The van der Waals surface area contributed by atoms with Gasteiger partial charge in [0.1, 0.15) is 12.0 Å². The van der Waals surface area contributed by atoms with Crippen LogP contribution in [0.3, 0.4) is 0 Å². The molecule has 1 heterocycles. The second-order valence-electron chi connectivity index (χ2n) is 3.34. The summed E-state index contributed by atoms with van der Waals surface area (Å²) in [6.45, 7) is 1.84. The highest BCUT2D eigenvalue weighted by molar-refractivity contribution is 7.98. The van der Waals surface area contributed by atoms with Gasteiger partial charge in [-0.05, 0) is 25.4 Å². The number of halogens is 1. The van der Waals surface area contributed by atoms with Crippen molar-refractivity contribution in [3.8, 4) is 0 Å². The van der Waals surface area contributed by atoms with Crippen molar-refractivity contribution in [3.05, 3.63) is 0 Å². The van der Waals surface area contributed by atoms with Crippen molar-refractivity contribution in [1.29, 1.82) is 0 Å². The molecule has 0 aromatic carbocycles. The van der Waals surface area contributed by atoms with Gasteiger partial charge in [-0.2, -0.15) is 11.8 Å². The summed E-state index contributed by atoms with van der Waals surface area (Å²) >= 11 is 7.34. The third-order valence-corrected chi connectivity index (χ3v) is 3.02. The van der Waals surface area contributed by atoms with Crippen molar-refractivity contribution in [3.63, 3.8) is 0 Å². The molecule has 1 aliphatic rings. The predicted octanol–water partition coefficient (Wildman–Crippen LogP) is 1.71. The first kappa shape index (κ1) is 12.6. The maximum atomic E-state index is 11.6. The number of imide groups is 1. The Kier molecular flexibility index (Phi) is 4.73. The maximum Gasteiger partial charge on any atom is 0.417 e. The fourth-order valence-electron chi connectivity index (χ4n) is 1.39. The van der Waals surface area contributed by atoms with Gasteiger partial charge in [0, 0.05) is 0 Å². The van der Waals surface area contributed by atoms with E-state index in [0.29, 0.717) is 0 Å². The molecule has 0 N–H and O–H groups in total. The minimum atomic E-state index is -0.688. The number of hydrogen-bond acceptors (Lipinski definition) is 4. The Bertz CT molecular complexity index is 260. The lowest BCUT2D eigenvalue weighted by Crippen LogP contribution is -2.42. The zero-order valence-corrected chi connectivity index (χ0v) is 10.3. The van der Waals surface area contributed by atoms with Crippen LogP contribution < -0.4 is 0 Å². The number of carbonyl (C=O) groups excluding carboxylic acids is 2. The van der Waals surface area contributed by atoms with Crippen molar-refractivity contribution in [2.75, 3.05) is 18.6 Å². The van der Waals surface area contributed by atoms with E-state index in [-0.39, 0.29) is 18.6 Å². The predicted molar refractivity (Wildman–Crippen MR) is 60.3 cm³/mol. The number of carbonyl (C=O) groups is 2. The summed E-state index contributed by atoms with van der Waals surface area (Å²) in [5.41, 5.74) is 0. The minimum Gasteiger partial charge on any atom is -0.447 e. The molecule has 6 heteroatoms. The minimum absolute atomic E-state index is 0.154. The summed E-state index contributed by atoms with van der Waals surface area (Å²) in [5.74, 6) is 0.521. The number of ether oxygens (including phenoxy) is 1. The molecular weight excluding hydrogens is 238 g/mol. The van der Waals surface area contributed by atoms with Gasteiger partial charge in [-0.3, -0.25) is 4.79 Å². The number of amides is 2. The second kappa shape index (κ2) is 5.61. The van der Waals surface area contributed by atoms with Gasteiger partial charge in [0.25, 0.3) is 0 Å². The van der Waals surface area contributed by atoms with E-state index >= 15 is 0 Å². The SMILES string of the molecule is CSCC[C@H]1COC(=O)N1C(=O)C(C)Cl. The van der Waals surface area contributed by atoms with Crippen LogP contribution >= 0.6 is 23.4 Å². The second-order valence-corrected chi connectivity index (χ2v) is 4.98. The van der Waals surface area contributed by atoms with E-state index in [1.54, 1.807) is 18.7 Å². The van der Waals surface area contributed by atoms with Gasteiger partial charge in [-0.25, -0.2) is 9.69 Å². The molecule has 1 unspecified atom stereocenters. The number of alkyl halides is 1. The van der Waals surface area contributed by atoms with E-state index < -0.39 is 11.5 Å². The highest BCUT2D eigenvalue weighted by atomic mass is 35.5. The van der Waals surface area contributed by atoms with Crippen LogP contribution in [0.1, 0.15) is 13.3 Å². The van der Waals surface area contributed by atoms with Crippen LogP contribution in [0.25, 0.3) is 0 Å². The van der Waals surface area contributed by atoms with Crippen LogP contribution in [0.2, 0.25) is 0 Å². The first-order chi connectivity index (χ1) is 7.07. The molecule has 0 aromatic rings. The first-order valence-corrected chi connectivity index (χ1v) is 6.53. The van der Waals surface area contributed by atoms with Gasteiger partial charge in [-0.1, -0.05) is 0 Å². The first-order valence-electron chi connectivity index (χ1n) is 4.70. The molecule has 86 valence electrons. The van der Waals surface area contributed by atoms with Crippen LogP contribution in [0, 0.1) is 0 Å². The highest BCUT2D eigenvalue weighted by Crippen LogP contribution is 2.19. The Hall–Kier alpha value is -0.420. The van der Waals surface area contributed by atoms with Crippen molar-refractivity contribution < 1.29 is 14.3 Å². The fraction of sp³-hybridized carbons (Fsp3) is 0.778. The fourth-order valence-corrected chi connectivity index (χ4v) is 2.00. The number of thioether (sulfide) groups is 1. The Morgan fingerprint density at radius 3 is 3.00 bits per heavy atom. The van der Waals surface area contributed by atoms with Gasteiger partial charge in [0.15, 0.2) is 0 Å². The molecule has 2 atom stereocenters. The number of hydrogen-bond donors (Lipinski definition) is 0. The van der Waals surface area contributed by atoms with E-state index in [4.69, 9.17) is 16.3 Å². The van der Waals surface area contributed by atoms with Crippen LogP contribution in [0.15, 0.2) is 0 Å². The normalized spacial score (nSPS) is 22.7. The average Bonchev–Trinajstić information content (AvgIpc) is 2.55. The van der Waals surface area contributed by atoms with E-state index in [1.165, 1.54) is 0 Å². The third-order valence-electron chi connectivity index (χ3n) is 2.19. The summed E-state index contributed by atoms with van der Waals surface area (Å²) in [4.78, 5) is 24.1. The molecule has 0 bridgehead atoms. The van der Waals surface area contributed by atoms with Crippen molar-refractivity contribution >= 4 is 35.4 Å². The summed E-state index contributed by atoms with van der Waals surface area (Å²) < 4.78 is 4.84. The molecule has 0 spiro atoms. The number of nitrogens with zero attached hydrogens (tertiary/aromatic N) is 1. The average molecular weight is 252 g/mol. The smallest absolute Gasteiger partial charge is 0.417 e. The summed E-state index contributed by atoms with van der Waals surface area (Å²) in [7, 11) is 0. The number of cyclic esters (lactones) is 1. The molecule has 2 amide bonds. The molecular formula is C9H14ClNO3S. The zero-order valence-electron chi connectivity index (χ0n) is 8.73. The van der Waals surface area contributed by atoms with Gasteiger partial charge in [-0.15, -0.1) is 11.6 Å². The molecule has 1 fully saturated rings. The molecule has 0 radical (unpaired) electrons. The van der Waals surface area contributed by atoms with Gasteiger partial charge < -0.3 is 4.74 Å². The van der Waals surface area contributed by atoms with Crippen LogP contribution in [0.4, 0.5) is 4.79 Å². The Morgan fingerprint density at radius 1 is 1.80 bits per heavy atom. The molecule has 15 heavy (non-hydrogen) atoms. The zero-order chi connectivity index (χ0) is 11.4. The molecule has 1 saturated heterocycles. The van der Waals surface area contributed by atoms with Crippen molar-refractivity contribution in [2.45, 2.75) is 24.8 Å². The Labute approximate surface area is 98.3 Å². The molecule has 0 aromatic heterocycles. The highest BCUT2D eigenvalue weighted by Gasteiger charge is 2.38. The topological polar surface area (TPSA) is 46.6 Å². The van der Waals surface area contributed by atoms with E-state index in [0.717, 1.165) is 17.1 Å². The van der Waals surface area contributed by atoms with Gasteiger partial charge in [0.2, 0.25) is 5.91 Å². The summed E-state index contributed by atoms with van der Waals surface area (Å²) in [5, 5.41) is -0.688. The maximum absolute atomic E-state index is 11.6. The molecule has 0 saturated carbocycles. The van der Waals surface area contributed by atoms with E-state index in [1.807, 2.05) is 6.26 Å². The number of rotatable bonds is 4. The molecule has 0 aliphatic carbocycles. The van der Waals surface area contributed by atoms with E-state index in [2.05, 4.69) is 0 Å². The van der Waals surface area contributed by atoms with Crippen molar-refractivity contribution in [1.82, 2.24) is 4.90 Å². The van der Waals surface area contributed by atoms with Crippen molar-refractivity contribution in [2.24, 2.45) is 0 Å². The monoisotopic (exact) mass is 251 g/mol. The van der Waals surface area contributed by atoms with E-state index in [9.17, 15) is 9.59 Å². The summed E-state index contributed by atoms with van der Waals surface area (Å²) in [6, 6.07) is -0.154. The van der Waals surface area contributed by atoms with Gasteiger partial charge >= 0.3 is 6.09 Å². The Morgan fingerprint density at radius 2 is 2.47 bits per heavy atom. The lowest BCUT2D eigenvalue weighted by atomic mass is 10.2. The molecule has 1 rings (SSSR count). The molecule has 4 nitrogen and oxygen atoms in total. The standard InChI is InChI=1S/C9H14ClNO3S/c1-6(10)8(12)11-7(3-4-15-2)5-14-9(11)13/h6-7H,3-5H2,1-2H3/t6?,7-/m0/s1. The van der Waals surface area contributed by atoms with Gasteiger partial charge in [0.05, 0.1) is 6.04 Å². The quantitative estimate of drug-likeness (QED) is 0.714. The largest absolute Gasteiger partial charge is 0.447 e. The lowest BCUT2D eigenvalue weighted by molar-refractivity contribution is -0.128. The van der Waals surface area contributed by atoms with Crippen LogP contribution in [0.5, 0.6) is 0 Å². The summed E-state index contributed by atoms with van der Waals surface area (Å²) in [6.07, 6.45) is 2.16. The van der Waals surface area contributed by atoms with Crippen LogP contribution in [-0.4, -0.2) is 46.9 Å².